The molecule has 2 heterocycles. The molecule has 0 saturated heterocycles. The Balaban J connectivity index is 2.93. The van der Waals surface area contributed by atoms with Crippen LogP contribution in [-0.2, 0) is 0 Å². The predicted octanol–water partition coefficient (Wildman–Crippen LogP) is 1.78. The van der Waals surface area contributed by atoms with Crippen LogP contribution in [-0.4, -0.2) is 9.38 Å². The number of fused-ring (bicyclic) bond motifs is 1. The molecule has 2 aromatic rings. The Morgan fingerprint density at radius 3 is 3.09 bits per heavy atom. The van der Waals surface area contributed by atoms with E-state index in [1.807, 2.05) is 0 Å². The van der Waals surface area contributed by atoms with Gasteiger partial charge in [-0.2, -0.15) is 0 Å². The van der Waals surface area contributed by atoms with Crippen LogP contribution in [0.4, 0.5) is 4.39 Å². The fourth-order valence-electron chi connectivity index (χ4n) is 1.10. The Morgan fingerprint density at radius 2 is 2.27 bits per heavy atom. The van der Waals surface area contributed by atoms with Crippen LogP contribution in [0.3, 0.4) is 0 Å². The van der Waals surface area contributed by atoms with E-state index in [0.29, 0.717) is 11.2 Å². The van der Waals surface area contributed by atoms with E-state index in [2.05, 4.69) is 4.98 Å². The lowest BCUT2D eigenvalue weighted by atomic mass is 10.3. The highest BCUT2D eigenvalue weighted by atomic mass is 19.1. The molecule has 56 valence electrons. The van der Waals surface area contributed by atoms with Gasteiger partial charge >= 0.3 is 0 Å². The molecular weight excluding hydrogens is 143 g/mol. The molecule has 2 nitrogen and oxygen atoms in total. The van der Waals surface area contributed by atoms with Crippen molar-refractivity contribution in [3.63, 3.8) is 0 Å². The molecule has 0 atom stereocenters. The van der Waals surface area contributed by atoms with Gasteiger partial charge in [0.2, 0.25) is 0 Å². The summed E-state index contributed by atoms with van der Waals surface area (Å²) in [5.41, 5.74) is 1.28. The molecule has 11 heavy (non-hydrogen) atoms. The monoisotopic (exact) mass is 150 g/mol. The third-order valence-electron chi connectivity index (χ3n) is 1.74. The molecule has 2 aromatic heterocycles. The SMILES string of the molecule is Cc1c(F)ccn2ccnc12. The van der Waals surface area contributed by atoms with Crippen molar-refractivity contribution >= 4 is 5.65 Å². The van der Waals surface area contributed by atoms with E-state index in [4.69, 9.17) is 0 Å². The molecule has 0 radical (unpaired) electrons. The number of hydrogen-bond acceptors (Lipinski definition) is 1. The molecule has 2 rings (SSSR count). The van der Waals surface area contributed by atoms with Gasteiger partial charge in [0.15, 0.2) is 0 Å². The summed E-state index contributed by atoms with van der Waals surface area (Å²) in [5.74, 6) is -0.205. The van der Waals surface area contributed by atoms with Gasteiger partial charge in [0.05, 0.1) is 0 Å². The van der Waals surface area contributed by atoms with E-state index in [-0.39, 0.29) is 5.82 Å². The molecule has 0 aliphatic carbocycles. The van der Waals surface area contributed by atoms with Crippen LogP contribution in [0.15, 0.2) is 24.7 Å². The maximum Gasteiger partial charge on any atom is 0.142 e. The number of imidazole rings is 1. The van der Waals surface area contributed by atoms with Crippen molar-refractivity contribution in [2.75, 3.05) is 0 Å². The lowest BCUT2D eigenvalue weighted by Crippen LogP contribution is -1.89. The third kappa shape index (κ3) is 0.808. The number of aromatic nitrogens is 2. The minimum Gasteiger partial charge on any atom is -0.307 e. The van der Waals surface area contributed by atoms with Crippen molar-refractivity contribution in [1.82, 2.24) is 9.38 Å². The highest BCUT2D eigenvalue weighted by Gasteiger charge is 2.01. The average Bonchev–Trinajstić information content (AvgIpc) is 2.45. The lowest BCUT2D eigenvalue weighted by molar-refractivity contribution is 0.617. The standard InChI is InChI=1S/C8H7FN2/c1-6-7(9)2-4-11-5-3-10-8(6)11/h2-5H,1H3. The largest absolute Gasteiger partial charge is 0.307 e. The van der Waals surface area contributed by atoms with Gasteiger partial charge in [-0.1, -0.05) is 0 Å². The van der Waals surface area contributed by atoms with Crippen LogP contribution < -0.4 is 0 Å². The Labute approximate surface area is 63.3 Å². The maximum atomic E-state index is 12.9. The van der Waals surface area contributed by atoms with Crippen molar-refractivity contribution in [2.24, 2.45) is 0 Å². The fraction of sp³-hybridized carbons (Fsp3) is 0.125. The third-order valence-corrected chi connectivity index (χ3v) is 1.74. The van der Waals surface area contributed by atoms with Gasteiger partial charge in [-0.3, -0.25) is 0 Å². The van der Waals surface area contributed by atoms with E-state index in [1.165, 1.54) is 6.07 Å². The van der Waals surface area contributed by atoms with E-state index < -0.39 is 0 Å². The van der Waals surface area contributed by atoms with E-state index >= 15 is 0 Å². The summed E-state index contributed by atoms with van der Waals surface area (Å²) in [5, 5.41) is 0. The van der Waals surface area contributed by atoms with Gasteiger partial charge in [-0.25, -0.2) is 9.37 Å². The van der Waals surface area contributed by atoms with E-state index in [1.54, 1.807) is 29.9 Å². The average molecular weight is 150 g/mol. The maximum absolute atomic E-state index is 12.9. The number of halogens is 1. The van der Waals surface area contributed by atoms with Gasteiger partial charge in [0.1, 0.15) is 11.5 Å². The minimum absolute atomic E-state index is 0.205. The summed E-state index contributed by atoms with van der Waals surface area (Å²) in [6, 6.07) is 1.43. The number of rotatable bonds is 0. The van der Waals surface area contributed by atoms with Crippen molar-refractivity contribution in [3.05, 3.63) is 36.0 Å². The zero-order chi connectivity index (χ0) is 7.84. The molecule has 0 amide bonds. The molecule has 0 fully saturated rings. The summed E-state index contributed by atoms with van der Waals surface area (Å²) in [7, 11) is 0. The van der Waals surface area contributed by atoms with Crippen LogP contribution in [0.25, 0.3) is 5.65 Å². The smallest absolute Gasteiger partial charge is 0.142 e. The normalized spacial score (nSPS) is 10.7. The molecule has 0 saturated carbocycles. The van der Waals surface area contributed by atoms with Crippen molar-refractivity contribution in [2.45, 2.75) is 6.92 Å². The predicted molar refractivity (Wildman–Crippen MR) is 39.9 cm³/mol. The second kappa shape index (κ2) is 2.05. The quantitative estimate of drug-likeness (QED) is 0.559. The molecule has 0 N–H and O–H groups in total. The highest BCUT2D eigenvalue weighted by Crippen LogP contribution is 2.10. The first-order valence-electron chi connectivity index (χ1n) is 3.37. The summed E-state index contributed by atoms with van der Waals surface area (Å²) < 4.78 is 14.7. The summed E-state index contributed by atoms with van der Waals surface area (Å²) in [4.78, 5) is 4.00. The molecule has 3 heteroatoms. The molecule has 0 aliphatic rings. The summed E-state index contributed by atoms with van der Waals surface area (Å²) in [6.45, 7) is 1.72. The van der Waals surface area contributed by atoms with Gasteiger partial charge in [-0.15, -0.1) is 0 Å². The van der Waals surface area contributed by atoms with Gasteiger partial charge < -0.3 is 4.40 Å². The van der Waals surface area contributed by atoms with Crippen LogP contribution in [0, 0.1) is 12.7 Å². The van der Waals surface area contributed by atoms with Crippen molar-refractivity contribution < 1.29 is 4.39 Å². The zero-order valence-corrected chi connectivity index (χ0v) is 6.08. The second-order valence-electron chi connectivity index (χ2n) is 2.45. The first-order chi connectivity index (χ1) is 5.29. The number of pyridine rings is 1. The summed E-state index contributed by atoms with van der Waals surface area (Å²) in [6.07, 6.45) is 5.11. The molecule has 0 spiro atoms. The Bertz CT molecular complexity index is 392. The molecule has 0 aromatic carbocycles. The van der Waals surface area contributed by atoms with E-state index in [0.717, 1.165) is 0 Å². The van der Waals surface area contributed by atoms with Crippen LogP contribution >= 0.6 is 0 Å². The molecule has 0 unspecified atom stereocenters. The zero-order valence-electron chi connectivity index (χ0n) is 6.08. The van der Waals surface area contributed by atoms with Gasteiger partial charge in [0.25, 0.3) is 0 Å². The second-order valence-corrected chi connectivity index (χ2v) is 2.45. The lowest BCUT2D eigenvalue weighted by Gasteiger charge is -1.97. The number of aryl methyl sites for hydroxylation is 1. The van der Waals surface area contributed by atoms with Crippen LogP contribution in [0.1, 0.15) is 5.56 Å². The molecule has 0 aliphatic heterocycles. The van der Waals surface area contributed by atoms with Gasteiger partial charge in [0, 0.05) is 24.2 Å². The fourth-order valence-corrected chi connectivity index (χ4v) is 1.10. The first kappa shape index (κ1) is 6.34. The topological polar surface area (TPSA) is 17.3 Å². The van der Waals surface area contributed by atoms with Crippen molar-refractivity contribution in [3.8, 4) is 0 Å². The Morgan fingerprint density at radius 1 is 1.45 bits per heavy atom. The Hall–Kier alpha value is -1.38. The van der Waals surface area contributed by atoms with E-state index in [9.17, 15) is 4.39 Å². The van der Waals surface area contributed by atoms with Crippen LogP contribution in [0.2, 0.25) is 0 Å². The Kier molecular flexibility index (Phi) is 1.18. The first-order valence-corrected chi connectivity index (χ1v) is 3.37. The number of nitrogens with zero attached hydrogens (tertiary/aromatic N) is 2. The van der Waals surface area contributed by atoms with Crippen LogP contribution in [0.5, 0.6) is 0 Å². The molecular formula is C8H7FN2. The minimum atomic E-state index is -0.205. The highest BCUT2D eigenvalue weighted by molar-refractivity contribution is 5.47. The summed E-state index contributed by atoms with van der Waals surface area (Å²) >= 11 is 0. The molecule has 0 bridgehead atoms. The van der Waals surface area contributed by atoms with Crippen molar-refractivity contribution in [1.29, 1.82) is 0 Å². The van der Waals surface area contributed by atoms with Gasteiger partial charge in [-0.05, 0) is 13.0 Å². The number of hydrogen-bond donors (Lipinski definition) is 0.